The van der Waals surface area contributed by atoms with Crippen LogP contribution in [-0.2, 0) is 32.7 Å². The molecule has 2 aliphatic rings. The minimum absolute atomic E-state index is 0. The summed E-state index contributed by atoms with van der Waals surface area (Å²) < 4.78 is 0. The van der Waals surface area contributed by atoms with Gasteiger partial charge in [0.1, 0.15) is 0 Å². The molecule has 3 heteroatoms. The van der Waals surface area contributed by atoms with Crippen molar-refractivity contribution in [2.45, 2.75) is 12.8 Å². The van der Waals surface area contributed by atoms with Crippen molar-refractivity contribution in [2.75, 3.05) is 0 Å². The number of rotatable bonds is 0. The standard InChI is InChI=1S/2C5H5.2ClH.Y/c2*1-2-4-5-3-1;;;/h2*1-3H,4H2;2*1H;/q2*-1;;;/p-2. The molecule has 0 aliphatic heterocycles. The molecule has 0 aromatic rings. The van der Waals surface area contributed by atoms with Gasteiger partial charge in [-0.1, -0.05) is 0 Å². The van der Waals surface area contributed by atoms with E-state index < -0.39 is 0 Å². The maximum Gasteiger partial charge on any atom is 0 e. The van der Waals surface area contributed by atoms with Gasteiger partial charge in [-0.2, -0.15) is 12.2 Å². The molecule has 0 saturated carbocycles. The molecule has 0 bridgehead atoms. The maximum atomic E-state index is 2.99. The van der Waals surface area contributed by atoms with Gasteiger partial charge in [0.05, 0.1) is 0 Å². The van der Waals surface area contributed by atoms with Crippen LogP contribution in [0.1, 0.15) is 12.8 Å². The van der Waals surface area contributed by atoms with Gasteiger partial charge in [-0.15, -0.1) is 12.8 Å². The Labute approximate surface area is 118 Å². The summed E-state index contributed by atoms with van der Waals surface area (Å²) in [5, 5.41) is 0. The van der Waals surface area contributed by atoms with Crippen LogP contribution in [0.5, 0.6) is 0 Å². The maximum absolute atomic E-state index is 2.99. The topological polar surface area (TPSA) is 0 Å². The predicted octanol–water partition coefficient (Wildman–Crippen LogP) is -3.38. The molecular weight excluding hydrogens is 280 g/mol. The average molecular weight is 290 g/mol. The molecule has 0 atom stereocenters. The summed E-state index contributed by atoms with van der Waals surface area (Å²) in [6.07, 6.45) is 20.0. The molecule has 1 radical (unpaired) electrons. The Morgan fingerprint density at radius 2 is 1.15 bits per heavy atom. The first kappa shape index (κ1) is 19.3. The second-order valence-corrected chi connectivity index (χ2v) is 2.01. The molecule has 0 fully saturated rings. The van der Waals surface area contributed by atoms with E-state index in [0.717, 1.165) is 12.8 Å². The second-order valence-electron chi connectivity index (χ2n) is 2.01. The Balaban J connectivity index is -0.000000125. The largest absolute Gasteiger partial charge is 1.00 e. The van der Waals surface area contributed by atoms with E-state index in [9.17, 15) is 0 Å². The van der Waals surface area contributed by atoms with E-state index >= 15 is 0 Å². The van der Waals surface area contributed by atoms with E-state index in [1.54, 1.807) is 0 Å². The molecule has 0 saturated heterocycles. The zero-order chi connectivity index (χ0) is 7.07. The summed E-state index contributed by atoms with van der Waals surface area (Å²) in [6, 6.07) is 0. The molecule has 0 unspecified atom stereocenters. The fraction of sp³-hybridized carbons (Fsp3) is 0.200. The number of hydrogen-bond donors (Lipinski definition) is 0. The van der Waals surface area contributed by atoms with Crippen molar-refractivity contribution in [1.29, 1.82) is 0 Å². The van der Waals surface area contributed by atoms with E-state index in [1.165, 1.54) is 0 Å². The SMILES string of the molecule is [C-]1=CC=CC1.[C-]1=CC=CC1.[Cl-].[Cl-].[Y]. The van der Waals surface area contributed by atoms with Crippen LogP contribution >= 0.6 is 0 Å². The van der Waals surface area contributed by atoms with E-state index in [4.69, 9.17) is 0 Å². The molecule has 0 aromatic carbocycles. The third-order valence-electron chi connectivity index (χ3n) is 1.17. The molecule has 0 aromatic heterocycles. The third-order valence-corrected chi connectivity index (χ3v) is 1.17. The third kappa shape index (κ3) is 12.6. The molecule has 0 N–H and O–H groups in total. The van der Waals surface area contributed by atoms with Gasteiger partial charge in [-0.3, -0.25) is 12.2 Å². The van der Waals surface area contributed by atoms with E-state index in [1.807, 2.05) is 24.3 Å². The van der Waals surface area contributed by atoms with Crippen molar-refractivity contribution in [3.8, 4) is 0 Å². The van der Waals surface area contributed by atoms with Gasteiger partial charge in [0, 0.05) is 32.7 Å². The predicted molar refractivity (Wildman–Crippen MR) is 43.1 cm³/mol. The Kier molecular flexibility index (Phi) is 22.4. The van der Waals surface area contributed by atoms with Crippen LogP contribution in [0.4, 0.5) is 0 Å². The van der Waals surface area contributed by atoms with Crippen molar-refractivity contribution in [2.24, 2.45) is 0 Å². The van der Waals surface area contributed by atoms with Crippen LogP contribution < -0.4 is 24.8 Å². The van der Waals surface area contributed by atoms with Crippen LogP contribution in [0.3, 0.4) is 0 Å². The van der Waals surface area contributed by atoms with Gasteiger partial charge in [0.25, 0.3) is 0 Å². The minimum Gasteiger partial charge on any atom is -1.00 e. The first-order chi connectivity index (χ1) is 5.00. The first-order valence-corrected chi connectivity index (χ1v) is 3.43. The summed E-state index contributed by atoms with van der Waals surface area (Å²) in [4.78, 5) is 0. The van der Waals surface area contributed by atoms with Gasteiger partial charge >= 0.3 is 0 Å². The monoisotopic (exact) mass is 289 g/mol. The zero-order valence-corrected chi connectivity index (χ0v) is 11.6. The summed E-state index contributed by atoms with van der Waals surface area (Å²) in [6.45, 7) is 0. The number of halogens is 2. The van der Waals surface area contributed by atoms with Gasteiger partial charge in [-0.05, 0) is 0 Å². The summed E-state index contributed by atoms with van der Waals surface area (Å²) in [5.74, 6) is 0. The zero-order valence-electron chi connectivity index (χ0n) is 7.21. The smallest absolute Gasteiger partial charge is 0 e. The van der Waals surface area contributed by atoms with E-state index in [-0.39, 0.29) is 57.5 Å². The summed E-state index contributed by atoms with van der Waals surface area (Å²) >= 11 is 0. The molecule has 0 spiro atoms. The van der Waals surface area contributed by atoms with Crippen molar-refractivity contribution < 1.29 is 57.5 Å². The number of hydrogen-bond acceptors (Lipinski definition) is 0. The van der Waals surface area contributed by atoms with Gasteiger partial charge in [0.15, 0.2) is 0 Å². The van der Waals surface area contributed by atoms with E-state index in [2.05, 4.69) is 24.3 Å². The molecule has 13 heavy (non-hydrogen) atoms. The quantitative estimate of drug-likeness (QED) is 0.408. The van der Waals surface area contributed by atoms with Gasteiger partial charge < -0.3 is 24.8 Å². The molecule has 0 amide bonds. The Morgan fingerprint density at radius 1 is 0.769 bits per heavy atom. The van der Waals surface area contributed by atoms with Gasteiger partial charge in [0.2, 0.25) is 0 Å². The van der Waals surface area contributed by atoms with Crippen LogP contribution in [0.25, 0.3) is 0 Å². The normalized spacial score (nSPS) is 13.5. The Morgan fingerprint density at radius 3 is 1.23 bits per heavy atom. The van der Waals surface area contributed by atoms with Crippen molar-refractivity contribution in [3.05, 3.63) is 48.6 Å². The van der Waals surface area contributed by atoms with Crippen LogP contribution in [0, 0.1) is 12.2 Å². The van der Waals surface area contributed by atoms with Crippen LogP contribution in [0.15, 0.2) is 36.5 Å². The van der Waals surface area contributed by atoms with Crippen molar-refractivity contribution in [1.82, 2.24) is 0 Å². The summed E-state index contributed by atoms with van der Waals surface area (Å²) in [7, 11) is 0. The Bertz CT molecular complexity index is 151. The molecule has 2 rings (SSSR count). The van der Waals surface area contributed by atoms with Crippen molar-refractivity contribution >= 4 is 0 Å². The average Bonchev–Trinajstić information content (AvgIpc) is 2.67. The second kappa shape index (κ2) is 15.1. The van der Waals surface area contributed by atoms with E-state index in [0.29, 0.717) is 0 Å². The molecular formula is C10H10Cl2Y-4. The fourth-order valence-corrected chi connectivity index (χ4v) is 0.680. The number of allylic oxidation sites excluding steroid dienone is 8. The molecule has 0 heterocycles. The minimum atomic E-state index is 0. The molecule has 0 nitrogen and oxygen atoms in total. The first-order valence-electron chi connectivity index (χ1n) is 3.43. The van der Waals surface area contributed by atoms with Crippen LogP contribution in [0.2, 0.25) is 0 Å². The van der Waals surface area contributed by atoms with Crippen molar-refractivity contribution in [3.63, 3.8) is 0 Å². The fourth-order valence-electron chi connectivity index (χ4n) is 0.680. The van der Waals surface area contributed by atoms with Gasteiger partial charge in [-0.25, -0.2) is 24.3 Å². The van der Waals surface area contributed by atoms with Crippen LogP contribution in [-0.4, -0.2) is 0 Å². The molecule has 2 aliphatic carbocycles. The summed E-state index contributed by atoms with van der Waals surface area (Å²) in [5.41, 5.74) is 0. The Hall–Kier alpha value is 0.644. The molecule has 71 valence electrons.